The Morgan fingerprint density at radius 3 is 2.12 bits per heavy atom. The highest BCUT2D eigenvalue weighted by Gasteiger charge is 2.65. The molecular formula is C35H55NO4Si2. The number of ether oxygens (including phenoxy) is 2. The molecule has 4 aliphatic carbocycles. The van der Waals surface area contributed by atoms with Gasteiger partial charge in [-0.2, -0.15) is 5.26 Å². The smallest absolute Gasteiger partial charge is 0.185 e. The van der Waals surface area contributed by atoms with Crippen molar-refractivity contribution >= 4 is 16.6 Å². The second kappa shape index (κ2) is 11.6. The minimum Gasteiger partial charge on any atom is -0.421 e. The van der Waals surface area contributed by atoms with Gasteiger partial charge in [0.05, 0.1) is 19.3 Å². The molecule has 2 unspecified atom stereocenters. The Labute approximate surface area is 257 Å². The van der Waals surface area contributed by atoms with Crippen molar-refractivity contribution in [1.82, 2.24) is 0 Å². The van der Waals surface area contributed by atoms with Crippen LogP contribution >= 0.6 is 0 Å². The van der Waals surface area contributed by atoms with Gasteiger partial charge in [-0.25, -0.2) is 0 Å². The molecular weight excluding hydrogens is 555 g/mol. The molecule has 7 heteroatoms. The lowest BCUT2D eigenvalue weighted by molar-refractivity contribution is -0.181. The lowest BCUT2D eigenvalue weighted by Gasteiger charge is -2.56. The number of fused-ring (bicyclic) bond motifs is 4. The van der Waals surface area contributed by atoms with E-state index in [1.54, 1.807) is 18.3 Å². The highest BCUT2D eigenvalue weighted by atomic mass is 28.4. The summed E-state index contributed by atoms with van der Waals surface area (Å²) in [6, 6.07) is 12.1. The number of hydrogen-bond acceptors (Lipinski definition) is 5. The van der Waals surface area contributed by atoms with Crippen LogP contribution in [0.4, 0.5) is 0 Å². The highest BCUT2D eigenvalue weighted by Crippen LogP contribution is 2.68. The minimum atomic E-state index is -1.90. The molecule has 0 bridgehead atoms. The first-order valence-electron chi connectivity index (χ1n) is 16.4. The molecule has 42 heavy (non-hydrogen) atoms. The van der Waals surface area contributed by atoms with Gasteiger partial charge < -0.3 is 18.3 Å². The first kappa shape index (κ1) is 32.1. The van der Waals surface area contributed by atoms with Crippen LogP contribution in [0, 0.1) is 41.4 Å². The number of aryl methyl sites for hydroxylation is 1. The average molecular weight is 610 g/mol. The number of nitrogens with zero attached hydrogens (tertiary/aromatic N) is 1. The fraction of sp³-hybridized carbons (Fsp3) is 0.743. The molecule has 1 spiro atoms. The van der Waals surface area contributed by atoms with Crippen molar-refractivity contribution < 1.29 is 18.3 Å². The van der Waals surface area contributed by atoms with Crippen LogP contribution in [0.2, 0.25) is 39.3 Å². The Morgan fingerprint density at radius 1 is 0.905 bits per heavy atom. The summed E-state index contributed by atoms with van der Waals surface area (Å²) in [6.07, 6.45) is 8.53. The van der Waals surface area contributed by atoms with E-state index in [1.807, 2.05) is 0 Å². The quantitative estimate of drug-likeness (QED) is 0.252. The third-order valence-electron chi connectivity index (χ3n) is 11.0. The number of allylic oxidation sites excluding steroid dienone is 2. The van der Waals surface area contributed by atoms with Gasteiger partial charge in [-0.15, -0.1) is 0 Å². The fourth-order valence-corrected chi connectivity index (χ4v) is 10.4. The summed E-state index contributed by atoms with van der Waals surface area (Å²) in [5.74, 6) is 1.68. The van der Waals surface area contributed by atoms with Crippen LogP contribution in [0.3, 0.4) is 0 Å². The largest absolute Gasteiger partial charge is 0.421 e. The molecule has 1 saturated heterocycles. The van der Waals surface area contributed by atoms with Gasteiger partial charge >= 0.3 is 0 Å². The molecule has 6 rings (SSSR count). The minimum absolute atomic E-state index is 0.132. The van der Waals surface area contributed by atoms with Crippen LogP contribution < -0.4 is 0 Å². The Morgan fingerprint density at radius 2 is 1.55 bits per heavy atom. The van der Waals surface area contributed by atoms with Crippen molar-refractivity contribution in [3.63, 3.8) is 0 Å². The van der Waals surface area contributed by atoms with E-state index < -0.39 is 22.2 Å². The first-order chi connectivity index (χ1) is 19.6. The van der Waals surface area contributed by atoms with E-state index in [9.17, 15) is 5.26 Å². The normalized spacial score (nSPS) is 35.5. The molecule has 0 radical (unpaired) electrons. The van der Waals surface area contributed by atoms with Crippen molar-refractivity contribution in [1.29, 1.82) is 5.26 Å². The molecule has 0 aromatic heterocycles. The molecule has 0 N–H and O–H groups in total. The molecule has 4 fully saturated rings. The average Bonchev–Trinajstić information content (AvgIpc) is 3.49. The summed E-state index contributed by atoms with van der Waals surface area (Å²) < 4.78 is 24.3. The van der Waals surface area contributed by atoms with Gasteiger partial charge in [-0.3, -0.25) is 0 Å². The Bertz CT molecular complexity index is 1200. The predicted molar refractivity (Wildman–Crippen MR) is 174 cm³/mol. The molecule has 6 atom stereocenters. The number of rotatable bonds is 4. The molecule has 232 valence electrons. The van der Waals surface area contributed by atoms with Gasteiger partial charge in [0.2, 0.25) is 0 Å². The van der Waals surface area contributed by atoms with Gasteiger partial charge in [0.25, 0.3) is 0 Å². The molecule has 0 amide bonds. The summed E-state index contributed by atoms with van der Waals surface area (Å²) in [7, 11) is -1.26. The van der Waals surface area contributed by atoms with E-state index in [0.717, 1.165) is 51.7 Å². The van der Waals surface area contributed by atoms with Gasteiger partial charge in [-0.1, -0.05) is 47.9 Å². The maximum absolute atomic E-state index is 10.7. The summed E-state index contributed by atoms with van der Waals surface area (Å²) in [6.45, 7) is 19.3. The standard InChI is InChI=1S/C31H43NO3Si.C4H12OSi/c1-21-6-8-22(9-7-21)26-19-29(2)27(13-14-30(29,20-32)35-36(3,4)5)25-11-10-23-18-31(33-16-17-34-31)15-12-24(23)28(25)26;1-5-6(2,3)4/h6-9,23,25-27H,10-19H2,1-5H3;1-4H3/t23?,25-,26?,27-,29-,30-;/m0./s1. The molecule has 1 aromatic carbocycles. The van der Waals surface area contributed by atoms with Crippen molar-refractivity contribution in [3.05, 3.63) is 46.5 Å². The van der Waals surface area contributed by atoms with E-state index >= 15 is 0 Å². The van der Waals surface area contributed by atoms with Crippen LogP contribution in [0.15, 0.2) is 35.4 Å². The van der Waals surface area contributed by atoms with Gasteiger partial charge in [0.1, 0.15) is 5.60 Å². The van der Waals surface area contributed by atoms with Gasteiger partial charge in [0, 0.05) is 31.3 Å². The fourth-order valence-electron chi connectivity index (χ4n) is 8.97. The SMILES string of the molecule is CO[Si](C)(C)C.Cc1ccc(C2C[C@@]3(C)[C@@H](CC[C@@]3(C#N)O[Si](C)(C)C)[C@@H]3CCC4CC5(CCC4=C23)OCCO5)cc1. The monoisotopic (exact) mass is 609 g/mol. The summed E-state index contributed by atoms with van der Waals surface area (Å²) >= 11 is 0. The lowest BCUT2D eigenvalue weighted by atomic mass is 9.50. The van der Waals surface area contributed by atoms with E-state index in [2.05, 4.69) is 83.5 Å². The highest BCUT2D eigenvalue weighted by molar-refractivity contribution is 6.70. The third kappa shape index (κ3) is 6.01. The number of hydrogen-bond donors (Lipinski definition) is 0. The zero-order valence-electron chi connectivity index (χ0n) is 27.8. The molecule has 3 saturated carbocycles. The summed E-state index contributed by atoms with van der Waals surface area (Å²) in [5, 5.41) is 10.7. The van der Waals surface area contributed by atoms with E-state index in [0.29, 0.717) is 23.7 Å². The predicted octanol–water partition coefficient (Wildman–Crippen LogP) is 8.73. The molecule has 5 nitrogen and oxygen atoms in total. The van der Waals surface area contributed by atoms with Gasteiger partial charge in [0.15, 0.2) is 22.4 Å². The van der Waals surface area contributed by atoms with E-state index in [4.69, 9.17) is 18.3 Å². The second-order valence-corrected chi connectivity index (χ2v) is 24.9. The van der Waals surface area contributed by atoms with Crippen LogP contribution in [0.25, 0.3) is 0 Å². The van der Waals surface area contributed by atoms with Crippen molar-refractivity contribution in [2.75, 3.05) is 20.3 Å². The topological polar surface area (TPSA) is 60.7 Å². The zero-order chi connectivity index (χ0) is 30.6. The summed E-state index contributed by atoms with van der Waals surface area (Å²) in [4.78, 5) is 0. The van der Waals surface area contributed by atoms with E-state index in [-0.39, 0.29) is 11.2 Å². The maximum Gasteiger partial charge on any atom is 0.185 e. The van der Waals surface area contributed by atoms with Crippen LogP contribution in [-0.4, -0.2) is 48.3 Å². The Balaban J connectivity index is 0.000000535. The molecule has 1 aliphatic heterocycles. The van der Waals surface area contributed by atoms with Crippen LogP contribution in [0.1, 0.15) is 75.3 Å². The third-order valence-corrected chi connectivity index (χ3v) is 13.2. The Hall–Kier alpha value is -1.28. The van der Waals surface area contributed by atoms with Crippen LogP contribution in [0.5, 0.6) is 0 Å². The number of benzene rings is 1. The number of nitriles is 1. The Kier molecular flexibility index (Phi) is 8.86. The van der Waals surface area contributed by atoms with Gasteiger partial charge in [-0.05, 0) is 108 Å². The van der Waals surface area contributed by atoms with E-state index in [1.165, 1.54) is 24.0 Å². The zero-order valence-corrected chi connectivity index (χ0v) is 29.8. The van der Waals surface area contributed by atoms with Crippen LogP contribution in [-0.2, 0) is 18.3 Å². The second-order valence-electron chi connectivity index (χ2n) is 15.9. The summed E-state index contributed by atoms with van der Waals surface area (Å²) in [5.41, 5.74) is 5.37. The molecule has 5 aliphatic rings. The maximum atomic E-state index is 10.7. The van der Waals surface area contributed by atoms with Crippen molar-refractivity contribution in [2.24, 2.45) is 23.2 Å². The molecule has 1 aromatic rings. The molecule has 1 heterocycles. The lowest BCUT2D eigenvalue weighted by Crippen LogP contribution is -2.55. The first-order valence-corrected chi connectivity index (χ1v) is 23.2. The van der Waals surface area contributed by atoms with Crippen molar-refractivity contribution in [3.8, 4) is 6.07 Å². The van der Waals surface area contributed by atoms with Crippen molar-refractivity contribution in [2.45, 2.75) is 122 Å².